The van der Waals surface area contributed by atoms with Gasteiger partial charge >= 0.3 is 0 Å². The average molecular weight is 145 g/mol. The Labute approximate surface area is 60.9 Å². The first kappa shape index (κ1) is 8.76. The van der Waals surface area contributed by atoms with E-state index < -0.39 is 0 Å². The van der Waals surface area contributed by atoms with Crippen molar-refractivity contribution in [1.29, 1.82) is 0 Å². The Bertz CT molecular complexity index is 110. The molecule has 2 nitrogen and oxygen atoms in total. The Morgan fingerprint density at radius 3 is 2.89 bits per heavy atom. The molecule has 0 aromatic rings. The fourth-order valence-corrected chi connectivity index (χ4v) is 0.623. The van der Waals surface area contributed by atoms with Crippen molar-refractivity contribution in [3.8, 4) is 0 Å². The molecule has 9 heavy (non-hydrogen) atoms. The normalized spacial score (nSPS) is 12.2. The maximum absolute atomic E-state index is 4.84. The average Bonchev–Trinajstić information content (AvgIpc) is 1.85. The second kappa shape index (κ2) is 5.89. The van der Waals surface area contributed by atoms with Gasteiger partial charge in [0.2, 0.25) is 0 Å². The zero-order valence-corrected chi connectivity index (χ0v) is 6.57. The minimum Gasteiger partial charge on any atom is -0.385 e. The van der Waals surface area contributed by atoms with Gasteiger partial charge in [-0.15, -0.1) is 0 Å². The highest BCUT2D eigenvalue weighted by Crippen LogP contribution is 1.94. The van der Waals surface area contributed by atoms with E-state index in [1.54, 1.807) is 7.11 Å². The summed E-state index contributed by atoms with van der Waals surface area (Å²) in [6.07, 6.45) is 0.917. The molecular formula is C6H11NOS. The summed E-state index contributed by atoms with van der Waals surface area (Å²) in [6.45, 7) is 2.72. The maximum Gasteiger partial charge on any atom is 0.0596 e. The molecule has 0 saturated carbocycles. The summed E-state index contributed by atoms with van der Waals surface area (Å²) in [5, 5.41) is 2.33. The van der Waals surface area contributed by atoms with Crippen LogP contribution in [-0.2, 0) is 4.74 Å². The van der Waals surface area contributed by atoms with Crippen molar-refractivity contribution in [3.63, 3.8) is 0 Å². The smallest absolute Gasteiger partial charge is 0.0596 e. The maximum atomic E-state index is 4.84. The zero-order valence-electron chi connectivity index (χ0n) is 5.76. The molecule has 0 bridgehead atoms. The van der Waals surface area contributed by atoms with Gasteiger partial charge in [-0.3, -0.25) is 0 Å². The summed E-state index contributed by atoms with van der Waals surface area (Å²) >= 11 is 4.42. The van der Waals surface area contributed by atoms with Gasteiger partial charge in [0.15, 0.2) is 0 Å². The number of hydrogen-bond acceptors (Lipinski definition) is 3. The number of rotatable bonds is 4. The quantitative estimate of drug-likeness (QED) is 0.442. The first-order chi connectivity index (χ1) is 4.31. The van der Waals surface area contributed by atoms with Crippen molar-refractivity contribution in [1.82, 2.24) is 0 Å². The van der Waals surface area contributed by atoms with E-state index in [1.165, 1.54) is 0 Å². The molecule has 52 valence electrons. The molecule has 0 radical (unpaired) electrons. The van der Waals surface area contributed by atoms with Crippen molar-refractivity contribution >= 4 is 17.4 Å². The van der Waals surface area contributed by atoms with Gasteiger partial charge in [0.25, 0.3) is 0 Å². The van der Waals surface area contributed by atoms with Crippen LogP contribution in [0, 0.1) is 0 Å². The Kier molecular flexibility index (Phi) is 5.73. The summed E-state index contributed by atoms with van der Waals surface area (Å²) < 4.78 is 4.84. The number of nitrogens with zero attached hydrogens (tertiary/aromatic N) is 1. The van der Waals surface area contributed by atoms with Gasteiger partial charge in [-0.2, -0.15) is 0 Å². The molecule has 1 atom stereocenters. The van der Waals surface area contributed by atoms with Crippen LogP contribution >= 0.6 is 12.2 Å². The van der Waals surface area contributed by atoms with E-state index in [2.05, 4.69) is 22.4 Å². The lowest BCUT2D eigenvalue weighted by Gasteiger charge is -2.00. The van der Waals surface area contributed by atoms with Crippen molar-refractivity contribution in [2.75, 3.05) is 13.7 Å². The van der Waals surface area contributed by atoms with Crippen LogP contribution in [0.15, 0.2) is 4.99 Å². The second-order valence-electron chi connectivity index (χ2n) is 1.85. The van der Waals surface area contributed by atoms with Gasteiger partial charge in [0.1, 0.15) is 0 Å². The minimum absolute atomic E-state index is 0.252. The topological polar surface area (TPSA) is 21.6 Å². The van der Waals surface area contributed by atoms with Gasteiger partial charge in [-0.1, -0.05) is 0 Å². The highest BCUT2D eigenvalue weighted by molar-refractivity contribution is 7.78. The molecule has 0 aliphatic rings. The molecule has 0 aromatic heterocycles. The van der Waals surface area contributed by atoms with Crippen LogP contribution in [0.4, 0.5) is 0 Å². The van der Waals surface area contributed by atoms with Crippen LogP contribution in [0.25, 0.3) is 0 Å². The molecule has 0 spiro atoms. The predicted molar refractivity (Wildman–Crippen MR) is 41.0 cm³/mol. The van der Waals surface area contributed by atoms with Gasteiger partial charge in [0.05, 0.1) is 11.2 Å². The van der Waals surface area contributed by atoms with Crippen molar-refractivity contribution in [3.05, 3.63) is 0 Å². The van der Waals surface area contributed by atoms with E-state index in [9.17, 15) is 0 Å². The third-order valence-electron chi connectivity index (χ3n) is 1.01. The second-order valence-corrected chi connectivity index (χ2v) is 2.03. The predicted octanol–water partition coefficient (Wildman–Crippen LogP) is 1.51. The van der Waals surface area contributed by atoms with Crippen LogP contribution in [0.2, 0.25) is 0 Å². The number of isothiocyanates is 1. The number of aliphatic imine (C=N–C) groups is 1. The van der Waals surface area contributed by atoms with Crippen molar-refractivity contribution in [2.45, 2.75) is 19.4 Å². The van der Waals surface area contributed by atoms with E-state index in [0.29, 0.717) is 0 Å². The highest BCUT2D eigenvalue weighted by Gasteiger charge is 1.94. The third kappa shape index (κ3) is 5.63. The molecule has 1 unspecified atom stereocenters. The van der Waals surface area contributed by atoms with E-state index in [0.717, 1.165) is 13.0 Å². The van der Waals surface area contributed by atoms with Crippen molar-refractivity contribution in [2.24, 2.45) is 4.99 Å². The Morgan fingerprint density at radius 2 is 2.44 bits per heavy atom. The van der Waals surface area contributed by atoms with E-state index in [4.69, 9.17) is 4.74 Å². The lowest BCUT2D eigenvalue weighted by atomic mass is 10.3. The summed E-state index contributed by atoms with van der Waals surface area (Å²) in [5.74, 6) is 0. The highest BCUT2D eigenvalue weighted by atomic mass is 32.1. The van der Waals surface area contributed by atoms with Gasteiger partial charge < -0.3 is 4.74 Å². The van der Waals surface area contributed by atoms with Gasteiger partial charge in [0, 0.05) is 13.7 Å². The zero-order chi connectivity index (χ0) is 7.11. The SMILES string of the molecule is COCCC(C)N=C=S. The molecule has 0 saturated heterocycles. The molecule has 0 fully saturated rings. The monoisotopic (exact) mass is 145 g/mol. The summed E-state index contributed by atoms with van der Waals surface area (Å²) in [6, 6.07) is 0.252. The van der Waals surface area contributed by atoms with Crippen LogP contribution in [-0.4, -0.2) is 24.9 Å². The fourth-order valence-electron chi connectivity index (χ4n) is 0.443. The molecule has 0 rings (SSSR count). The molecule has 0 aliphatic carbocycles. The fraction of sp³-hybridized carbons (Fsp3) is 0.833. The van der Waals surface area contributed by atoms with Gasteiger partial charge in [-0.05, 0) is 25.6 Å². The van der Waals surface area contributed by atoms with Crippen molar-refractivity contribution < 1.29 is 4.74 Å². The molecule has 0 aromatic carbocycles. The summed E-state index contributed by atoms with van der Waals surface area (Å²) in [4.78, 5) is 3.85. The summed E-state index contributed by atoms with van der Waals surface area (Å²) in [5.41, 5.74) is 0. The van der Waals surface area contributed by atoms with E-state index in [-0.39, 0.29) is 6.04 Å². The number of thiocarbonyl (C=S) groups is 1. The molecule has 3 heteroatoms. The standard InChI is InChI=1S/C6H11NOS/c1-6(7-5-9)3-4-8-2/h6H,3-4H2,1-2H3. The minimum atomic E-state index is 0.252. The lowest BCUT2D eigenvalue weighted by Crippen LogP contribution is -2.01. The first-order valence-corrected chi connectivity index (χ1v) is 3.28. The molecular weight excluding hydrogens is 134 g/mol. The third-order valence-corrected chi connectivity index (χ3v) is 1.12. The Hall–Kier alpha value is -0.240. The van der Waals surface area contributed by atoms with Crippen LogP contribution in [0.5, 0.6) is 0 Å². The molecule has 0 N–H and O–H groups in total. The Balaban J connectivity index is 3.26. The molecule has 0 aliphatic heterocycles. The van der Waals surface area contributed by atoms with Gasteiger partial charge in [-0.25, -0.2) is 4.99 Å². The van der Waals surface area contributed by atoms with Crippen LogP contribution in [0.1, 0.15) is 13.3 Å². The molecule has 0 heterocycles. The van der Waals surface area contributed by atoms with E-state index >= 15 is 0 Å². The van der Waals surface area contributed by atoms with Crippen LogP contribution in [0.3, 0.4) is 0 Å². The summed E-state index contributed by atoms with van der Waals surface area (Å²) in [7, 11) is 1.67. The Morgan fingerprint density at radius 1 is 1.78 bits per heavy atom. The number of methoxy groups -OCH3 is 1. The van der Waals surface area contributed by atoms with Crippen LogP contribution < -0.4 is 0 Å². The largest absolute Gasteiger partial charge is 0.385 e. The van der Waals surface area contributed by atoms with E-state index in [1.807, 2.05) is 6.92 Å². The first-order valence-electron chi connectivity index (χ1n) is 2.87. The lowest BCUT2D eigenvalue weighted by molar-refractivity contribution is 0.190. The molecule has 0 amide bonds. The number of ether oxygens (including phenoxy) is 1. The number of hydrogen-bond donors (Lipinski definition) is 0.